The number of hydrogen-bond acceptors (Lipinski definition) is 3. The first-order chi connectivity index (χ1) is 7.56. The summed E-state index contributed by atoms with van der Waals surface area (Å²) in [5, 5.41) is 13.7. The van der Waals surface area contributed by atoms with Crippen LogP contribution in [0.15, 0.2) is 28.7 Å². The van der Waals surface area contributed by atoms with E-state index in [1.807, 2.05) is 0 Å². The van der Waals surface area contributed by atoms with Gasteiger partial charge in [0.2, 0.25) is 0 Å². The van der Waals surface area contributed by atoms with Gasteiger partial charge in [-0.25, -0.2) is 4.79 Å². The highest BCUT2D eigenvalue weighted by molar-refractivity contribution is 9.10. The van der Waals surface area contributed by atoms with Crippen molar-refractivity contribution in [3.8, 4) is 0 Å². The normalized spacial score (nSPS) is 11.9. The maximum absolute atomic E-state index is 11.6. The Hall–Kier alpha value is -1.40. The van der Waals surface area contributed by atoms with Gasteiger partial charge in [-0.15, -0.1) is 0 Å². The number of nitrogens with one attached hydrogen (secondary N) is 2. The van der Waals surface area contributed by atoms with Gasteiger partial charge in [0.1, 0.15) is 0 Å². The number of aliphatic carboxylic acids is 1. The lowest BCUT2D eigenvalue weighted by atomic mass is 10.2. The number of halogens is 1. The fourth-order valence-electron chi connectivity index (χ4n) is 1.13. The molecule has 1 aromatic rings. The summed E-state index contributed by atoms with van der Waals surface area (Å²) in [5.74, 6) is -1.83. The topological polar surface area (TPSA) is 78.4 Å². The first-order valence-corrected chi connectivity index (χ1v) is 5.31. The molecule has 3 N–H and O–H groups in total. The summed E-state index contributed by atoms with van der Waals surface area (Å²) in [6, 6.07) is 5.72. The fourth-order valence-corrected chi connectivity index (χ4v) is 1.52. The maximum Gasteiger partial charge on any atom is 0.330 e. The Balaban J connectivity index is 2.78. The van der Waals surface area contributed by atoms with Crippen LogP contribution >= 0.6 is 15.9 Å². The fraction of sp³-hybridized carbons (Fsp3) is 0.200. The lowest BCUT2D eigenvalue weighted by Crippen LogP contribution is -2.44. The van der Waals surface area contributed by atoms with Crippen LogP contribution in [0.25, 0.3) is 0 Å². The minimum Gasteiger partial charge on any atom is -0.480 e. The number of carbonyl (C=O) groups is 2. The Labute approximate surface area is 101 Å². The van der Waals surface area contributed by atoms with Crippen LogP contribution < -0.4 is 10.6 Å². The van der Waals surface area contributed by atoms with Gasteiger partial charge in [-0.2, -0.15) is 0 Å². The molecule has 5 nitrogen and oxygen atoms in total. The van der Waals surface area contributed by atoms with Crippen LogP contribution in [-0.2, 0) is 9.59 Å². The molecule has 1 unspecified atom stereocenters. The second-order valence-electron chi connectivity index (χ2n) is 3.03. The smallest absolute Gasteiger partial charge is 0.330 e. The summed E-state index contributed by atoms with van der Waals surface area (Å²) in [6.45, 7) is 0. The van der Waals surface area contributed by atoms with E-state index in [1.165, 1.54) is 7.05 Å². The number of carboxylic acid groups (broad SMARTS) is 1. The van der Waals surface area contributed by atoms with Gasteiger partial charge in [-0.1, -0.05) is 12.1 Å². The van der Waals surface area contributed by atoms with Gasteiger partial charge in [0, 0.05) is 4.47 Å². The van der Waals surface area contributed by atoms with Crippen molar-refractivity contribution in [3.63, 3.8) is 0 Å². The standard InChI is InChI=1S/C10H11BrN2O3/c1-12-8(10(15)16)9(14)13-7-5-3-2-4-6(7)11/h2-5,8,12H,1H3,(H,13,14)(H,15,16). The molecule has 0 spiro atoms. The summed E-state index contributed by atoms with van der Waals surface area (Å²) in [6.07, 6.45) is 0. The van der Waals surface area contributed by atoms with Crippen molar-refractivity contribution in [1.82, 2.24) is 5.32 Å². The molecule has 0 saturated heterocycles. The zero-order chi connectivity index (χ0) is 12.1. The zero-order valence-electron chi connectivity index (χ0n) is 8.53. The van der Waals surface area contributed by atoms with E-state index in [2.05, 4.69) is 26.6 Å². The lowest BCUT2D eigenvalue weighted by molar-refractivity contribution is -0.142. The number of benzene rings is 1. The van der Waals surface area contributed by atoms with Crippen molar-refractivity contribution in [1.29, 1.82) is 0 Å². The monoisotopic (exact) mass is 286 g/mol. The summed E-state index contributed by atoms with van der Waals surface area (Å²) < 4.78 is 0.698. The third-order valence-electron chi connectivity index (χ3n) is 1.93. The average Bonchev–Trinajstić information content (AvgIpc) is 2.22. The largest absolute Gasteiger partial charge is 0.480 e. The number of anilines is 1. The highest BCUT2D eigenvalue weighted by Gasteiger charge is 2.24. The molecule has 16 heavy (non-hydrogen) atoms. The van der Waals surface area contributed by atoms with Gasteiger partial charge >= 0.3 is 5.97 Å². The number of carboxylic acids is 1. The van der Waals surface area contributed by atoms with Gasteiger partial charge in [0.15, 0.2) is 6.04 Å². The second-order valence-corrected chi connectivity index (χ2v) is 3.88. The summed E-state index contributed by atoms with van der Waals surface area (Å²) in [5.41, 5.74) is 0.536. The highest BCUT2D eigenvalue weighted by Crippen LogP contribution is 2.21. The Bertz CT molecular complexity index is 409. The number of rotatable bonds is 4. The first kappa shape index (κ1) is 12.7. The molecule has 0 saturated carbocycles. The molecular weight excluding hydrogens is 276 g/mol. The van der Waals surface area contributed by atoms with E-state index in [9.17, 15) is 9.59 Å². The van der Waals surface area contributed by atoms with Gasteiger partial charge in [0.05, 0.1) is 5.69 Å². The lowest BCUT2D eigenvalue weighted by Gasteiger charge is -2.12. The van der Waals surface area contributed by atoms with Gasteiger partial charge < -0.3 is 10.4 Å². The molecule has 0 aliphatic rings. The van der Waals surface area contributed by atoms with Gasteiger partial charge in [-0.05, 0) is 35.1 Å². The van der Waals surface area contributed by atoms with Crippen molar-refractivity contribution in [2.45, 2.75) is 6.04 Å². The average molecular weight is 287 g/mol. The molecule has 1 aromatic carbocycles. The van der Waals surface area contributed by atoms with E-state index in [-0.39, 0.29) is 0 Å². The molecule has 0 aliphatic heterocycles. The number of hydrogen-bond donors (Lipinski definition) is 3. The Morgan fingerprint density at radius 2 is 2.00 bits per heavy atom. The Morgan fingerprint density at radius 3 is 2.50 bits per heavy atom. The Morgan fingerprint density at radius 1 is 1.38 bits per heavy atom. The van der Waals surface area contributed by atoms with Crippen molar-refractivity contribution in [3.05, 3.63) is 28.7 Å². The van der Waals surface area contributed by atoms with Gasteiger partial charge in [0.25, 0.3) is 5.91 Å². The predicted octanol–water partition coefficient (Wildman–Crippen LogP) is 1.06. The van der Waals surface area contributed by atoms with Crippen LogP contribution in [-0.4, -0.2) is 30.1 Å². The van der Waals surface area contributed by atoms with E-state index in [1.54, 1.807) is 24.3 Å². The molecule has 1 amide bonds. The van der Waals surface area contributed by atoms with E-state index in [0.29, 0.717) is 10.2 Å². The molecule has 1 rings (SSSR count). The van der Waals surface area contributed by atoms with Crippen LogP contribution in [0.3, 0.4) is 0 Å². The minimum absolute atomic E-state index is 0.536. The summed E-state index contributed by atoms with van der Waals surface area (Å²) in [7, 11) is 1.42. The SMILES string of the molecule is CNC(C(=O)O)C(=O)Nc1ccccc1Br. The van der Waals surface area contributed by atoms with Crippen molar-refractivity contribution in [2.24, 2.45) is 0 Å². The van der Waals surface area contributed by atoms with Crippen LogP contribution in [0.2, 0.25) is 0 Å². The second kappa shape index (κ2) is 5.62. The van der Waals surface area contributed by atoms with Crippen molar-refractivity contribution in [2.75, 3.05) is 12.4 Å². The van der Waals surface area contributed by atoms with Crippen molar-refractivity contribution >= 4 is 33.5 Å². The third kappa shape index (κ3) is 3.04. The molecular formula is C10H11BrN2O3. The number of carbonyl (C=O) groups excluding carboxylic acids is 1. The van der Waals surface area contributed by atoms with Crippen LogP contribution in [0.1, 0.15) is 0 Å². The third-order valence-corrected chi connectivity index (χ3v) is 2.62. The zero-order valence-corrected chi connectivity index (χ0v) is 10.1. The van der Waals surface area contributed by atoms with E-state index < -0.39 is 17.9 Å². The van der Waals surface area contributed by atoms with E-state index >= 15 is 0 Å². The molecule has 0 bridgehead atoms. The van der Waals surface area contributed by atoms with Gasteiger partial charge in [-0.3, -0.25) is 10.1 Å². The molecule has 0 aliphatic carbocycles. The van der Waals surface area contributed by atoms with E-state index in [0.717, 1.165) is 0 Å². The summed E-state index contributed by atoms with van der Waals surface area (Å²) in [4.78, 5) is 22.3. The molecule has 6 heteroatoms. The summed E-state index contributed by atoms with van der Waals surface area (Å²) >= 11 is 3.25. The quantitative estimate of drug-likeness (QED) is 0.724. The number of para-hydroxylation sites is 1. The van der Waals surface area contributed by atoms with Crippen LogP contribution in [0.5, 0.6) is 0 Å². The minimum atomic E-state index is -1.26. The molecule has 0 radical (unpaired) electrons. The molecule has 0 fully saturated rings. The van der Waals surface area contributed by atoms with Crippen LogP contribution in [0, 0.1) is 0 Å². The van der Waals surface area contributed by atoms with Crippen LogP contribution in [0.4, 0.5) is 5.69 Å². The molecule has 0 heterocycles. The predicted molar refractivity (Wildman–Crippen MR) is 63.3 cm³/mol. The van der Waals surface area contributed by atoms with Crippen molar-refractivity contribution < 1.29 is 14.7 Å². The number of amides is 1. The first-order valence-electron chi connectivity index (χ1n) is 4.51. The maximum atomic E-state index is 11.6. The Kier molecular flexibility index (Phi) is 4.45. The molecule has 0 aromatic heterocycles. The molecule has 1 atom stereocenters. The number of likely N-dealkylation sites (N-methyl/N-ethyl adjacent to an activating group) is 1. The van der Waals surface area contributed by atoms with E-state index in [4.69, 9.17) is 5.11 Å². The molecule has 86 valence electrons. The highest BCUT2D eigenvalue weighted by atomic mass is 79.9.